The van der Waals surface area contributed by atoms with Crippen molar-refractivity contribution in [2.75, 3.05) is 6.54 Å². The molecule has 1 heterocycles. The van der Waals surface area contributed by atoms with E-state index in [9.17, 15) is 0 Å². The molecule has 1 nitrogen and oxygen atoms in total. The molecule has 3 atom stereocenters. The minimum atomic E-state index is 0.864. The molecule has 1 aromatic rings. The largest absolute Gasteiger partial charge is 0.296 e. The van der Waals surface area contributed by atoms with Crippen molar-refractivity contribution in [1.82, 2.24) is 4.90 Å². The van der Waals surface area contributed by atoms with E-state index in [1.165, 1.54) is 44.2 Å². The Morgan fingerprint density at radius 2 is 1.89 bits per heavy atom. The number of benzene rings is 1. The Balaban J connectivity index is 1.71. The fourth-order valence-corrected chi connectivity index (χ4v) is 4.10. The second-order valence-electron chi connectivity index (χ2n) is 6.24. The van der Waals surface area contributed by atoms with Crippen molar-refractivity contribution >= 4 is 0 Å². The van der Waals surface area contributed by atoms with E-state index in [0.717, 1.165) is 24.4 Å². The normalized spacial score (nSPS) is 33.1. The van der Waals surface area contributed by atoms with Crippen LogP contribution in [0.15, 0.2) is 30.3 Å². The van der Waals surface area contributed by atoms with Crippen LogP contribution in [0.2, 0.25) is 0 Å². The third-order valence-electron chi connectivity index (χ3n) is 5.06. The van der Waals surface area contributed by atoms with E-state index in [0.29, 0.717) is 0 Å². The summed E-state index contributed by atoms with van der Waals surface area (Å²) in [6.07, 6.45) is 7.20. The quantitative estimate of drug-likeness (QED) is 0.756. The summed E-state index contributed by atoms with van der Waals surface area (Å²) < 4.78 is 0. The van der Waals surface area contributed by atoms with Crippen LogP contribution in [0.5, 0.6) is 0 Å². The number of nitrogens with zero attached hydrogens (tertiary/aromatic N) is 1. The van der Waals surface area contributed by atoms with Crippen molar-refractivity contribution < 1.29 is 0 Å². The van der Waals surface area contributed by atoms with Crippen LogP contribution in [0.4, 0.5) is 0 Å². The second-order valence-corrected chi connectivity index (χ2v) is 6.24. The predicted octanol–water partition coefficient (Wildman–Crippen LogP) is 4.09. The van der Waals surface area contributed by atoms with Crippen LogP contribution in [0.25, 0.3) is 0 Å². The minimum absolute atomic E-state index is 0.864. The molecule has 0 N–H and O–H groups in total. The lowest BCUT2D eigenvalue weighted by molar-refractivity contribution is 0.0259. The van der Waals surface area contributed by atoms with Gasteiger partial charge in [-0.1, -0.05) is 50.1 Å². The zero-order chi connectivity index (χ0) is 12.4. The van der Waals surface area contributed by atoms with Gasteiger partial charge in [-0.25, -0.2) is 0 Å². The number of likely N-dealkylation sites (tertiary alicyclic amines) is 1. The highest BCUT2D eigenvalue weighted by atomic mass is 15.2. The molecule has 1 saturated heterocycles. The summed E-state index contributed by atoms with van der Waals surface area (Å²) in [4.78, 5) is 2.76. The Morgan fingerprint density at radius 3 is 2.72 bits per heavy atom. The van der Waals surface area contributed by atoms with Crippen molar-refractivity contribution in [1.29, 1.82) is 0 Å². The monoisotopic (exact) mass is 243 g/mol. The van der Waals surface area contributed by atoms with Crippen LogP contribution in [0.1, 0.15) is 44.6 Å². The molecular formula is C17H25N. The molecule has 2 fully saturated rings. The Hall–Kier alpha value is -0.820. The van der Waals surface area contributed by atoms with Crippen molar-refractivity contribution in [3.63, 3.8) is 0 Å². The summed E-state index contributed by atoms with van der Waals surface area (Å²) in [6, 6.07) is 11.9. The van der Waals surface area contributed by atoms with E-state index in [-0.39, 0.29) is 0 Å². The highest BCUT2D eigenvalue weighted by Crippen LogP contribution is 2.39. The molecule has 0 bridgehead atoms. The van der Waals surface area contributed by atoms with Crippen LogP contribution in [-0.4, -0.2) is 17.5 Å². The van der Waals surface area contributed by atoms with Gasteiger partial charge in [-0.05, 0) is 43.2 Å². The van der Waals surface area contributed by atoms with Crippen molar-refractivity contribution in [3.05, 3.63) is 35.9 Å². The lowest BCUT2D eigenvalue weighted by Crippen LogP contribution is -2.48. The van der Waals surface area contributed by atoms with Crippen molar-refractivity contribution in [2.45, 2.75) is 51.6 Å². The molecule has 1 saturated carbocycles. The third-order valence-corrected chi connectivity index (χ3v) is 5.06. The summed E-state index contributed by atoms with van der Waals surface area (Å²) in [6.45, 7) is 4.94. The first kappa shape index (κ1) is 12.2. The lowest BCUT2D eigenvalue weighted by Gasteiger charge is -2.47. The van der Waals surface area contributed by atoms with Crippen LogP contribution in [0.3, 0.4) is 0 Å². The van der Waals surface area contributed by atoms with Crippen LogP contribution >= 0.6 is 0 Å². The van der Waals surface area contributed by atoms with Gasteiger partial charge in [0.25, 0.3) is 0 Å². The molecule has 98 valence electrons. The van der Waals surface area contributed by atoms with Gasteiger partial charge in [0.15, 0.2) is 0 Å². The molecule has 1 heteroatoms. The SMILES string of the molecule is C[C@@H]1CCC[C@H]2[C@@H]1CCCN2Cc1ccccc1. The maximum atomic E-state index is 2.76. The van der Waals surface area contributed by atoms with Gasteiger partial charge in [0.2, 0.25) is 0 Å². The highest BCUT2D eigenvalue weighted by Gasteiger charge is 2.36. The van der Waals surface area contributed by atoms with Gasteiger partial charge in [0.1, 0.15) is 0 Å². The molecule has 1 aliphatic carbocycles. The molecule has 0 spiro atoms. The Kier molecular flexibility index (Phi) is 3.69. The molecule has 0 unspecified atom stereocenters. The second kappa shape index (κ2) is 5.44. The first-order valence-electron chi connectivity index (χ1n) is 7.62. The first-order valence-corrected chi connectivity index (χ1v) is 7.62. The van der Waals surface area contributed by atoms with E-state index >= 15 is 0 Å². The zero-order valence-electron chi connectivity index (χ0n) is 11.5. The van der Waals surface area contributed by atoms with E-state index in [1.807, 2.05) is 0 Å². The highest BCUT2D eigenvalue weighted by molar-refractivity contribution is 5.15. The summed E-state index contributed by atoms with van der Waals surface area (Å²) in [5.74, 6) is 1.92. The van der Waals surface area contributed by atoms with Gasteiger partial charge in [0.05, 0.1) is 0 Å². The van der Waals surface area contributed by atoms with Gasteiger partial charge in [-0.15, -0.1) is 0 Å². The number of hydrogen-bond donors (Lipinski definition) is 0. The van der Waals surface area contributed by atoms with E-state index in [4.69, 9.17) is 0 Å². The molecule has 18 heavy (non-hydrogen) atoms. The third kappa shape index (κ3) is 2.47. The van der Waals surface area contributed by atoms with E-state index < -0.39 is 0 Å². The van der Waals surface area contributed by atoms with E-state index in [1.54, 1.807) is 0 Å². The molecule has 0 aromatic heterocycles. The zero-order valence-corrected chi connectivity index (χ0v) is 11.5. The number of fused-ring (bicyclic) bond motifs is 1. The van der Waals surface area contributed by atoms with Gasteiger partial charge in [0, 0.05) is 12.6 Å². The maximum absolute atomic E-state index is 2.76. The summed E-state index contributed by atoms with van der Waals surface area (Å²) in [5.41, 5.74) is 1.48. The lowest BCUT2D eigenvalue weighted by atomic mass is 9.72. The van der Waals surface area contributed by atoms with Crippen LogP contribution < -0.4 is 0 Å². The first-order chi connectivity index (χ1) is 8.84. The Morgan fingerprint density at radius 1 is 1.06 bits per heavy atom. The summed E-state index contributed by atoms with van der Waals surface area (Å²) >= 11 is 0. The molecule has 1 aliphatic heterocycles. The van der Waals surface area contributed by atoms with Gasteiger partial charge >= 0.3 is 0 Å². The fourth-order valence-electron chi connectivity index (χ4n) is 4.10. The standard InChI is InChI=1S/C17H25N/c1-14-7-5-11-17-16(14)10-6-12-18(17)13-15-8-3-2-4-9-15/h2-4,8-9,14,16-17H,5-7,10-13H2,1H3/t14-,16-,17+/m1/s1. The fraction of sp³-hybridized carbons (Fsp3) is 0.647. The Bertz CT molecular complexity index is 372. The minimum Gasteiger partial charge on any atom is -0.296 e. The molecule has 0 amide bonds. The smallest absolute Gasteiger partial charge is 0.0236 e. The molecular weight excluding hydrogens is 218 g/mol. The molecule has 0 radical (unpaired) electrons. The average Bonchev–Trinajstić information content (AvgIpc) is 2.41. The van der Waals surface area contributed by atoms with E-state index in [2.05, 4.69) is 42.2 Å². The predicted molar refractivity (Wildman–Crippen MR) is 76.4 cm³/mol. The molecule has 3 rings (SSSR count). The average molecular weight is 243 g/mol. The molecule has 2 aliphatic rings. The summed E-state index contributed by atoms with van der Waals surface area (Å²) in [7, 11) is 0. The molecule has 1 aromatic carbocycles. The number of hydrogen-bond acceptors (Lipinski definition) is 1. The maximum Gasteiger partial charge on any atom is 0.0236 e. The van der Waals surface area contributed by atoms with Crippen molar-refractivity contribution in [3.8, 4) is 0 Å². The van der Waals surface area contributed by atoms with Crippen molar-refractivity contribution in [2.24, 2.45) is 11.8 Å². The van der Waals surface area contributed by atoms with Gasteiger partial charge in [-0.3, -0.25) is 4.90 Å². The topological polar surface area (TPSA) is 3.24 Å². The van der Waals surface area contributed by atoms with Crippen LogP contribution in [0, 0.1) is 11.8 Å². The number of rotatable bonds is 2. The number of piperidine rings is 1. The van der Waals surface area contributed by atoms with Gasteiger partial charge < -0.3 is 0 Å². The van der Waals surface area contributed by atoms with Gasteiger partial charge in [-0.2, -0.15) is 0 Å². The summed E-state index contributed by atoms with van der Waals surface area (Å²) in [5, 5.41) is 0. The van der Waals surface area contributed by atoms with Crippen LogP contribution in [-0.2, 0) is 6.54 Å². The Labute approximate surface area is 111 Å².